The molecule has 1 fully saturated rings. The Hall–Kier alpha value is -0.780. The Bertz CT molecular complexity index is 510. The number of hydrogen-bond donors (Lipinski definition) is 0. The maximum atomic E-state index is 12.4. The van der Waals surface area contributed by atoms with Gasteiger partial charge in [-0.25, -0.2) is 8.42 Å². The van der Waals surface area contributed by atoms with Gasteiger partial charge in [0, 0.05) is 19.0 Å². The lowest BCUT2D eigenvalue weighted by Crippen LogP contribution is -2.35. The first-order valence-corrected chi connectivity index (χ1v) is 8.91. The third-order valence-corrected chi connectivity index (χ3v) is 5.50. The van der Waals surface area contributed by atoms with Gasteiger partial charge >= 0.3 is 0 Å². The fourth-order valence-corrected chi connectivity index (χ4v) is 3.83. The molecule has 0 amide bonds. The van der Waals surface area contributed by atoms with Gasteiger partial charge in [0.2, 0.25) is 10.0 Å². The van der Waals surface area contributed by atoms with Gasteiger partial charge in [-0.1, -0.05) is 6.42 Å². The number of ether oxygens (including phenoxy) is 1. The summed E-state index contributed by atoms with van der Waals surface area (Å²) >= 11 is 5.57. The lowest BCUT2D eigenvalue weighted by Gasteiger charge is -2.25. The molecule has 1 heterocycles. The Kier molecular flexibility index (Phi) is 5.69. The first-order valence-electron chi connectivity index (χ1n) is 6.93. The molecule has 20 heavy (non-hydrogen) atoms. The highest BCUT2D eigenvalue weighted by molar-refractivity contribution is 7.89. The SMILES string of the molecule is O=S(=O)(c1ccc(OCCCCl)cc1)N1CCCCC1. The van der Waals surface area contributed by atoms with Gasteiger partial charge in [-0.05, 0) is 43.5 Å². The number of halogens is 1. The predicted octanol–water partition coefficient (Wildman–Crippen LogP) is 2.87. The summed E-state index contributed by atoms with van der Waals surface area (Å²) in [5.74, 6) is 1.23. The summed E-state index contributed by atoms with van der Waals surface area (Å²) in [6.07, 6.45) is 3.77. The highest BCUT2D eigenvalue weighted by atomic mass is 35.5. The molecular weight excluding hydrogens is 298 g/mol. The van der Waals surface area contributed by atoms with Crippen LogP contribution in [0.3, 0.4) is 0 Å². The van der Waals surface area contributed by atoms with Crippen molar-refractivity contribution in [3.8, 4) is 5.75 Å². The summed E-state index contributed by atoms with van der Waals surface area (Å²) in [5.41, 5.74) is 0. The van der Waals surface area contributed by atoms with Crippen LogP contribution in [-0.2, 0) is 10.0 Å². The largest absolute Gasteiger partial charge is 0.494 e. The molecule has 0 unspecified atom stereocenters. The molecule has 4 nitrogen and oxygen atoms in total. The Morgan fingerprint density at radius 1 is 1.10 bits per heavy atom. The zero-order valence-electron chi connectivity index (χ0n) is 11.4. The number of benzene rings is 1. The number of hydrogen-bond acceptors (Lipinski definition) is 3. The maximum Gasteiger partial charge on any atom is 0.243 e. The van der Waals surface area contributed by atoms with Crippen molar-refractivity contribution >= 4 is 21.6 Å². The fourth-order valence-electron chi connectivity index (χ4n) is 2.21. The quantitative estimate of drug-likeness (QED) is 0.598. The summed E-state index contributed by atoms with van der Waals surface area (Å²) in [6.45, 7) is 1.79. The van der Waals surface area contributed by atoms with Gasteiger partial charge < -0.3 is 4.74 Å². The van der Waals surface area contributed by atoms with Crippen LogP contribution in [0, 0.1) is 0 Å². The molecule has 112 valence electrons. The average molecular weight is 318 g/mol. The van der Waals surface area contributed by atoms with E-state index in [-0.39, 0.29) is 0 Å². The molecule has 1 aromatic rings. The van der Waals surface area contributed by atoms with Gasteiger partial charge in [0.05, 0.1) is 11.5 Å². The average Bonchev–Trinajstić information content (AvgIpc) is 2.49. The lowest BCUT2D eigenvalue weighted by atomic mass is 10.2. The van der Waals surface area contributed by atoms with Crippen LogP contribution in [0.2, 0.25) is 0 Å². The van der Waals surface area contributed by atoms with E-state index in [1.807, 2.05) is 0 Å². The van der Waals surface area contributed by atoms with E-state index in [9.17, 15) is 8.42 Å². The molecule has 1 saturated heterocycles. The molecule has 0 spiro atoms. The molecule has 0 aromatic heterocycles. The fraction of sp³-hybridized carbons (Fsp3) is 0.571. The maximum absolute atomic E-state index is 12.4. The standard InChI is InChI=1S/C14H20ClNO3S/c15-9-4-12-19-13-5-7-14(8-6-13)20(17,18)16-10-2-1-3-11-16/h5-8H,1-4,9-12H2. The van der Waals surface area contributed by atoms with E-state index < -0.39 is 10.0 Å². The Morgan fingerprint density at radius 3 is 2.35 bits per heavy atom. The highest BCUT2D eigenvalue weighted by Gasteiger charge is 2.25. The molecule has 0 radical (unpaired) electrons. The summed E-state index contributed by atoms with van der Waals surface area (Å²) in [6, 6.07) is 6.62. The smallest absolute Gasteiger partial charge is 0.243 e. The first-order chi connectivity index (χ1) is 9.64. The second-order valence-electron chi connectivity index (χ2n) is 4.83. The van der Waals surface area contributed by atoms with E-state index >= 15 is 0 Å². The molecule has 1 aliphatic heterocycles. The zero-order chi connectivity index (χ0) is 14.4. The molecule has 0 bridgehead atoms. The molecule has 1 aliphatic rings. The van der Waals surface area contributed by atoms with E-state index in [2.05, 4.69) is 0 Å². The second kappa shape index (κ2) is 7.29. The summed E-state index contributed by atoms with van der Waals surface area (Å²) in [4.78, 5) is 0.337. The molecule has 0 N–H and O–H groups in total. The van der Waals surface area contributed by atoms with Gasteiger partial charge in [-0.2, -0.15) is 4.31 Å². The van der Waals surface area contributed by atoms with Crippen molar-refractivity contribution in [1.29, 1.82) is 0 Å². The number of nitrogens with zero attached hydrogens (tertiary/aromatic N) is 1. The third-order valence-electron chi connectivity index (χ3n) is 3.32. The molecule has 0 atom stereocenters. The van der Waals surface area contributed by atoms with E-state index in [0.29, 0.717) is 36.2 Å². The molecule has 2 rings (SSSR count). The van der Waals surface area contributed by atoms with Crippen LogP contribution >= 0.6 is 11.6 Å². The topological polar surface area (TPSA) is 46.6 Å². The minimum absolute atomic E-state index is 0.337. The lowest BCUT2D eigenvalue weighted by molar-refractivity contribution is 0.318. The van der Waals surface area contributed by atoms with Crippen molar-refractivity contribution in [2.75, 3.05) is 25.6 Å². The first kappa shape index (κ1) is 15.6. The Balaban J connectivity index is 2.04. The molecule has 1 aromatic carbocycles. The van der Waals surface area contributed by atoms with Crippen molar-refractivity contribution in [2.24, 2.45) is 0 Å². The van der Waals surface area contributed by atoms with Crippen LogP contribution in [0.5, 0.6) is 5.75 Å². The monoisotopic (exact) mass is 317 g/mol. The van der Waals surface area contributed by atoms with Crippen LogP contribution in [0.25, 0.3) is 0 Å². The number of sulfonamides is 1. The van der Waals surface area contributed by atoms with Crippen LogP contribution in [-0.4, -0.2) is 38.3 Å². The van der Waals surface area contributed by atoms with E-state index in [4.69, 9.17) is 16.3 Å². The van der Waals surface area contributed by atoms with Crippen LogP contribution < -0.4 is 4.74 Å². The minimum atomic E-state index is -3.35. The summed E-state index contributed by atoms with van der Waals surface area (Å²) in [5, 5.41) is 0. The van der Waals surface area contributed by atoms with E-state index in [1.54, 1.807) is 28.6 Å². The zero-order valence-corrected chi connectivity index (χ0v) is 13.0. The van der Waals surface area contributed by atoms with Crippen molar-refractivity contribution in [1.82, 2.24) is 4.31 Å². The summed E-state index contributed by atoms with van der Waals surface area (Å²) < 4.78 is 31.9. The molecule has 0 aliphatic carbocycles. The van der Waals surface area contributed by atoms with Crippen molar-refractivity contribution in [3.63, 3.8) is 0 Å². The summed E-state index contributed by atoms with van der Waals surface area (Å²) in [7, 11) is -3.35. The van der Waals surface area contributed by atoms with Gasteiger partial charge in [0.1, 0.15) is 5.75 Å². The van der Waals surface area contributed by atoms with Gasteiger partial charge in [-0.3, -0.25) is 0 Å². The van der Waals surface area contributed by atoms with Gasteiger partial charge in [0.25, 0.3) is 0 Å². The van der Waals surface area contributed by atoms with Crippen molar-refractivity contribution in [3.05, 3.63) is 24.3 Å². The third kappa shape index (κ3) is 3.87. The highest BCUT2D eigenvalue weighted by Crippen LogP contribution is 2.22. The van der Waals surface area contributed by atoms with Gasteiger partial charge in [-0.15, -0.1) is 11.6 Å². The Labute approximate surface area is 125 Å². The number of piperidine rings is 1. The van der Waals surface area contributed by atoms with Crippen LogP contribution in [0.15, 0.2) is 29.2 Å². The van der Waals surface area contributed by atoms with Crippen molar-refractivity contribution in [2.45, 2.75) is 30.6 Å². The van der Waals surface area contributed by atoms with Crippen LogP contribution in [0.4, 0.5) is 0 Å². The molecule has 6 heteroatoms. The van der Waals surface area contributed by atoms with Crippen molar-refractivity contribution < 1.29 is 13.2 Å². The molecule has 0 saturated carbocycles. The number of alkyl halides is 1. The second-order valence-corrected chi connectivity index (χ2v) is 7.14. The van der Waals surface area contributed by atoms with Crippen LogP contribution in [0.1, 0.15) is 25.7 Å². The predicted molar refractivity (Wildman–Crippen MR) is 79.9 cm³/mol. The van der Waals surface area contributed by atoms with E-state index in [0.717, 1.165) is 25.7 Å². The minimum Gasteiger partial charge on any atom is -0.494 e. The van der Waals surface area contributed by atoms with E-state index in [1.165, 1.54) is 0 Å². The molecular formula is C14H20ClNO3S. The Morgan fingerprint density at radius 2 is 1.75 bits per heavy atom. The normalized spacial score (nSPS) is 17.1. The van der Waals surface area contributed by atoms with Gasteiger partial charge in [0.15, 0.2) is 0 Å². The number of rotatable bonds is 6.